The maximum Gasteiger partial charge on any atom is 0.138 e. The monoisotopic (exact) mass is 440 g/mol. The van der Waals surface area contributed by atoms with Crippen LogP contribution in [0.2, 0.25) is 0 Å². The van der Waals surface area contributed by atoms with Crippen molar-refractivity contribution in [3.05, 3.63) is 11.6 Å². The normalized spacial score (nSPS) is 51.7. The van der Waals surface area contributed by atoms with Crippen LogP contribution in [0.1, 0.15) is 113 Å². The molecule has 32 heavy (non-hydrogen) atoms. The molecule has 2 nitrogen and oxygen atoms in total. The largest absolute Gasteiger partial charge is 0.393 e. The molecule has 0 amide bonds. The average Bonchev–Trinajstić information content (AvgIpc) is 3.30. The number of aliphatic hydroxyl groups excluding tert-OH is 1. The van der Waals surface area contributed by atoms with Crippen LogP contribution in [0.5, 0.6) is 0 Å². The van der Waals surface area contributed by atoms with E-state index in [1.54, 1.807) is 0 Å². The van der Waals surface area contributed by atoms with E-state index in [0.717, 1.165) is 31.6 Å². The van der Waals surface area contributed by atoms with Crippen LogP contribution in [0.3, 0.4) is 0 Å². The van der Waals surface area contributed by atoms with Crippen LogP contribution in [0.15, 0.2) is 11.6 Å². The van der Waals surface area contributed by atoms with Gasteiger partial charge in [0.2, 0.25) is 0 Å². The van der Waals surface area contributed by atoms with Crippen molar-refractivity contribution in [1.29, 1.82) is 0 Å². The van der Waals surface area contributed by atoms with Crippen molar-refractivity contribution in [1.82, 2.24) is 0 Å². The molecule has 0 saturated heterocycles. The summed E-state index contributed by atoms with van der Waals surface area (Å²) in [4.78, 5) is 12.8. The van der Waals surface area contributed by atoms with Crippen LogP contribution in [0.4, 0.5) is 0 Å². The number of hydrogen-bond donors (Lipinski definition) is 1. The predicted molar refractivity (Wildman–Crippen MR) is 131 cm³/mol. The number of ketones is 1. The minimum atomic E-state index is -0.154. The van der Waals surface area contributed by atoms with Gasteiger partial charge >= 0.3 is 0 Å². The summed E-state index contributed by atoms with van der Waals surface area (Å²) in [5.41, 5.74) is 2.64. The first-order chi connectivity index (χ1) is 14.9. The van der Waals surface area contributed by atoms with Crippen molar-refractivity contribution in [2.75, 3.05) is 0 Å². The lowest BCUT2D eigenvalue weighted by atomic mass is 9.42. The molecular formula is C30H48O2. The summed E-state index contributed by atoms with van der Waals surface area (Å²) in [6.07, 6.45) is 14.0. The lowest BCUT2D eigenvalue weighted by Crippen LogP contribution is -2.57. The zero-order valence-corrected chi connectivity index (χ0v) is 21.9. The van der Waals surface area contributed by atoms with Crippen LogP contribution in [0, 0.1) is 50.7 Å². The third-order valence-electron chi connectivity index (χ3n) is 12.7. The van der Waals surface area contributed by atoms with Gasteiger partial charge in [-0.2, -0.15) is 0 Å². The Balaban J connectivity index is 1.44. The molecule has 0 aliphatic heterocycles. The van der Waals surface area contributed by atoms with Gasteiger partial charge in [0.25, 0.3) is 0 Å². The summed E-state index contributed by atoms with van der Waals surface area (Å²) in [5, 5.41) is 11.5. The maximum absolute atomic E-state index is 12.8. The lowest BCUT2D eigenvalue weighted by Gasteiger charge is -2.62. The summed E-state index contributed by atoms with van der Waals surface area (Å²) < 4.78 is 0. The minimum Gasteiger partial charge on any atom is -0.393 e. The molecule has 2 spiro atoms. The van der Waals surface area contributed by atoms with Gasteiger partial charge in [0.15, 0.2) is 0 Å². The fourth-order valence-electron chi connectivity index (χ4n) is 11.1. The number of rotatable bonds is 4. The van der Waals surface area contributed by atoms with Crippen molar-refractivity contribution in [2.24, 2.45) is 50.7 Å². The molecule has 0 aromatic heterocycles. The van der Waals surface area contributed by atoms with E-state index in [4.69, 9.17) is 0 Å². The topological polar surface area (TPSA) is 37.3 Å². The lowest BCUT2D eigenvalue weighted by molar-refractivity contribution is -0.157. The Hall–Kier alpha value is -0.630. The second-order valence-corrected chi connectivity index (χ2v) is 14.3. The SMILES string of the molecule is CC(C)=CCC[C@@H](C)[C@@H]1[C@H](O)C[C@@]2(C)[C@@H]3CC[C@@H]4C(C)(C)C(=O)CC[C@]45C[C@]35CC[C@]12C. The fourth-order valence-corrected chi connectivity index (χ4v) is 11.1. The van der Waals surface area contributed by atoms with Crippen molar-refractivity contribution in [3.8, 4) is 0 Å². The minimum absolute atomic E-state index is 0.133. The van der Waals surface area contributed by atoms with E-state index in [9.17, 15) is 9.90 Å². The van der Waals surface area contributed by atoms with Gasteiger partial charge in [0.1, 0.15) is 5.78 Å². The third-order valence-corrected chi connectivity index (χ3v) is 12.7. The van der Waals surface area contributed by atoms with Crippen LogP contribution >= 0.6 is 0 Å². The molecule has 5 rings (SSSR count). The van der Waals surface area contributed by atoms with E-state index in [0.29, 0.717) is 34.4 Å². The Kier molecular flexibility index (Phi) is 5.03. The van der Waals surface area contributed by atoms with E-state index >= 15 is 0 Å². The quantitative estimate of drug-likeness (QED) is 0.464. The molecule has 5 aliphatic carbocycles. The zero-order valence-electron chi connectivity index (χ0n) is 21.9. The molecule has 9 atom stereocenters. The van der Waals surface area contributed by atoms with Crippen LogP contribution in [-0.2, 0) is 4.79 Å². The number of aliphatic hydroxyl groups is 1. The summed E-state index contributed by atoms with van der Waals surface area (Å²) in [5.74, 6) is 2.83. The van der Waals surface area contributed by atoms with E-state index < -0.39 is 0 Å². The van der Waals surface area contributed by atoms with Crippen LogP contribution in [-0.4, -0.2) is 17.0 Å². The first-order valence-corrected chi connectivity index (χ1v) is 13.7. The zero-order chi connectivity index (χ0) is 23.3. The smallest absolute Gasteiger partial charge is 0.138 e. The van der Waals surface area contributed by atoms with Crippen molar-refractivity contribution < 1.29 is 9.90 Å². The highest BCUT2D eigenvalue weighted by Crippen LogP contribution is 2.88. The van der Waals surface area contributed by atoms with Gasteiger partial charge in [-0.1, -0.05) is 46.3 Å². The highest BCUT2D eigenvalue weighted by atomic mass is 16.3. The number of hydrogen-bond acceptors (Lipinski definition) is 2. The van der Waals surface area contributed by atoms with E-state index in [1.807, 2.05) is 0 Å². The molecule has 0 unspecified atom stereocenters. The summed E-state index contributed by atoms with van der Waals surface area (Å²) in [6, 6.07) is 0. The molecular weight excluding hydrogens is 392 g/mol. The summed E-state index contributed by atoms with van der Waals surface area (Å²) in [7, 11) is 0. The van der Waals surface area contributed by atoms with Gasteiger partial charge in [0.05, 0.1) is 6.10 Å². The molecule has 0 radical (unpaired) electrons. The molecule has 0 aromatic carbocycles. The van der Waals surface area contributed by atoms with Crippen LogP contribution in [0.25, 0.3) is 0 Å². The predicted octanol–water partition coefficient (Wildman–Crippen LogP) is 7.35. The van der Waals surface area contributed by atoms with Gasteiger partial charge in [-0.3, -0.25) is 4.79 Å². The molecule has 2 heteroatoms. The van der Waals surface area contributed by atoms with Crippen molar-refractivity contribution in [3.63, 3.8) is 0 Å². The van der Waals surface area contributed by atoms with Crippen molar-refractivity contribution >= 4 is 5.78 Å². The molecule has 5 fully saturated rings. The first kappa shape index (κ1) is 23.1. The molecule has 1 N–H and O–H groups in total. The molecule has 5 saturated carbocycles. The first-order valence-electron chi connectivity index (χ1n) is 13.7. The third kappa shape index (κ3) is 2.65. The summed E-state index contributed by atoms with van der Waals surface area (Å²) >= 11 is 0. The molecule has 0 heterocycles. The van der Waals surface area contributed by atoms with E-state index in [2.05, 4.69) is 54.5 Å². The highest BCUT2D eigenvalue weighted by Gasteiger charge is 2.82. The van der Waals surface area contributed by atoms with E-state index in [-0.39, 0.29) is 22.3 Å². The molecule has 0 bridgehead atoms. The highest BCUT2D eigenvalue weighted by molar-refractivity contribution is 5.86. The number of Topliss-reactive ketones (excluding diaryl/α,β-unsaturated/α-hetero) is 1. The fraction of sp³-hybridized carbons (Fsp3) is 0.900. The number of carbonyl (C=O) groups is 1. The Morgan fingerprint density at radius 1 is 1.03 bits per heavy atom. The van der Waals surface area contributed by atoms with Gasteiger partial charge in [0, 0.05) is 11.8 Å². The van der Waals surface area contributed by atoms with Crippen molar-refractivity contribution in [2.45, 2.75) is 119 Å². The number of carbonyl (C=O) groups excluding carboxylic acids is 1. The van der Waals surface area contributed by atoms with Crippen LogP contribution < -0.4 is 0 Å². The van der Waals surface area contributed by atoms with E-state index in [1.165, 1.54) is 44.1 Å². The Morgan fingerprint density at radius 3 is 2.38 bits per heavy atom. The average molecular weight is 441 g/mol. The number of fused-ring (bicyclic) bond motifs is 2. The van der Waals surface area contributed by atoms with Gasteiger partial charge in [-0.25, -0.2) is 0 Å². The number of allylic oxidation sites excluding steroid dienone is 2. The van der Waals surface area contributed by atoms with Gasteiger partial charge in [-0.05, 0) is 117 Å². The molecule has 5 aliphatic rings. The Labute approximate surface area is 197 Å². The molecule has 0 aromatic rings. The Bertz CT molecular complexity index is 836. The Morgan fingerprint density at radius 2 is 1.69 bits per heavy atom. The second kappa shape index (κ2) is 6.96. The second-order valence-electron chi connectivity index (χ2n) is 14.3. The standard InChI is InChI=1S/C30H48O2/c1-19(2)9-8-10-20(3)25-21(31)17-28(7)23-12-11-22-26(4,5)24(32)13-14-29(22)18-30(23,29)16-15-27(25,28)6/h9,20-23,25,31H,8,10-18H2,1-7H3/t20-,21-,22-,23+,25-,27-,28+,29+,30-/m1/s1. The summed E-state index contributed by atoms with van der Waals surface area (Å²) in [6.45, 7) is 16.4. The molecule has 180 valence electrons. The van der Waals surface area contributed by atoms with Gasteiger partial charge in [-0.15, -0.1) is 0 Å². The van der Waals surface area contributed by atoms with Gasteiger partial charge < -0.3 is 5.11 Å². The maximum atomic E-state index is 12.8.